The topological polar surface area (TPSA) is 107 Å². The van der Waals surface area contributed by atoms with Crippen LogP contribution in [0.5, 0.6) is 5.75 Å². The number of rotatable bonds is 7. The van der Waals surface area contributed by atoms with Crippen LogP contribution in [-0.4, -0.2) is 17.0 Å². The Balaban J connectivity index is 1.32. The van der Waals surface area contributed by atoms with Crippen molar-refractivity contribution < 1.29 is 18.9 Å². The molecule has 0 unspecified atom stereocenters. The van der Waals surface area contributed by atoms with Crippen molar-refractivity contribution in [2.24, 2.45) is 5.10 Å². The van der Waals surface area contributed by atoms with Crippen LogP contribution in [0.25, 0.3) is 11.0 Å². The standard InChI is InChI=1S/C23H15Br2N3O5/c24-17-9-16-10-21(33-22(16)20(25)11-17)23(29)27-26-12-14-3-7-19(8-4-14)32-13-15-1-5-18(6-2-15)28(30)31/h1-12H,13H2,(H,27,29)/b26-12-. The highest BCUT2D eigenvalue weighted by Crippen LogP contribution is 2.31. The summed E-state index contributed by atoms with van der Waals surface area (Å²) in [6, 6.07) is 18.6. The molecule has 10 heteroatoms. The smallest absolute Gasteiger partial charge is 0.307 e. The molecule has 4 aromatic rings. The first-order valence-electron chi connectivity index (χ1n) is 9.57. The van der Waals surface area contributed by atoms with Crippen molar-refractivity contribution in [1.29, 1.82) is 0 Å². The molecule has 1 aromatic heterocycles. The summed E-state index contributed by atoms with van der Waals surface area (Å²) in [6.07, 6.45) is 1.51. The number of hydrogen-bond donors (Lipinski definition) is 1. The van der Waals surface area contributed by atoms with Crippen LogP contribution in [0.2, 0.25) is 0 Å². The molecule has 0 aliphatic rings. The molecule has 166 valence electrons. The Labute approximate surface area is 204 Å². The van der Waals surface area contributed by atoms with Gasteiger partial charge in [-0.15, -0.1) is 0 Å². The van der Waals surface area contributed by atoms with Crippen molar-refractivity contribution in [3.05, 3.63) is 103 Å². The Morgan fingerprint density at radius 2 is 1.82 bits per heavy atom. The van der Waals surface area contributed by atoms with Crippen LogP contribution in [0, 0.1) is 10.1 Å². The van der Waals surface area contributed by atoms with E-state index in [1.165, 1.54) is 18.3 Å². The third kappa shape index (κ3) is 5.65. The number of amides is 1. The maximum Gasteiger partial charge on any atom is 0.307 e. The average Bonchev–Trinajstić information content (AvgIpc) is 3.23. The van der Waals surface area contributed by atoms with Gasteiger partial charge in [0.2, 0.25) is 0 Å². The molecule has 33 heavy (non-hydrogen) atoms. The van der Waals surface area contributed by atoms with Gasteiger partial charge < -0.3 is 9.15 Å². The average molecular weight is 573 g/mol. The zero-order valence-corrected chi connectivity index (χ0v) is 20.0. The van der Waals surface area contributed by atoms with Gasteiger partial charge in [0.1, 0.15) is 17.9 Å². The third-order valence-corrected chi connectivity index (χ3v) is 5.62. The van der Waals surface area contributed by atoms with Gasteiger partial charge in [0.15, 0.2) is 5.76 Å². The number of carbonyl (C=O) groups excluding carboxylic acids is 1. The molecule has 0 aliphatic carbocycles. The Hall–Kier alpha value is -3.50. The maximum absolute atomic E-state index is 12.3. The minimum Gasteiger partial charge on any atom is -0.489 e. The fourth-order valence-electron chi connectivity index (χ4n) is 2.94. The van der Waals surface area contributed by atoms with Crippen LogP contribution in [0.1, 0.15) is 21.7 Å². The van der Waals surface area contributed by atoms with Crippen molar-refractivity contribution in [2.45, 2.75) is 6.61 Å². The monoisotopic (exact) mass is 571 g/mol. The molecule has 0 radical (unpaired) electrons. The van der Waals surface area contributed by atoms with Crippen molar-refractivity contribution >= 4 is 60.6 Å². The minimum absolute atomic E-state index is 0.0377. The van der Waals surface area contributed by atoms with Crippen molar-refractivity contribution in [3.63, 3.8) is 0 Å². The lowest BCUT2D eigenvalue weighted by molar-refractivity contribution is -0.384. The van der Waals surface area contributed by atoms with Crippen LogP contribution < -0.4 is 10.2 Å². The molecule has 0 saturated heterocycles. The summed E-state index contributed by atoms with van der Waals surface area (Å²) in [6.45, 7) is 0.283. The molecular formula is C23H15Br2N3O5. The Kier molecular flexibility index (Phi) is 6.85. The van der Waals surface area contributed by atoms with Crippen LogP contribution in [-0.2, 0) is 6.61 Å². The minimum atomic E-state index is -0.464. The molecular weight excluding hydrogens is 558 g/mol. The predicted octanol–water partition coefficient (Wildman–Crippen LogP) is 6.21. The van der Waals surface area contributed by atoms with Gasteiger partial charge in [-0.1, -0.05) is 15.9 Å². The number of nitro groups is 1. The van der Waals surface area contributed by atoms with Crippen LogP contribution in [0.4, 0.5) is 5.69 Å². The van der Waals surface area contributed by atoms with E-state index in [1.54, 1.807) is 42.5 Å². The molecule has 8 nitrogen and oxygen atoms in total. The van der Waals surface area contributed by atoms with Crippen LogP contribution >= 0.6 is 31.9 Å². The summed E-state index contributed by atoms with van der Waals surface area (Å²) in [5, 5.41) is 15.5. The molecule has 0 bridgehead atoms. The van der Waals surface area contributed by atoms with Gasteiger partial charge >= 0.3 is 5.91 Å². The van der Waals surface area contributed by atoms with Crippen molar-refractivity contribution in [3.8, 4) is 5.75 Å². The summed E-state index contributed by atoms with van der Waals surface area (Å²) in [7, 11) is 0. The number of hydrogen-bond acceptors (Lipinski definition) is 6. The lowest BCUT2D eigenvalue weighted by atomic mass is 10.2. The van der Waals surface area contributed by atoms with Gasteiger partial charge in [0, 0.05) is 22.0 Å². The molecule has 0 atom stereocenters. The summed E-state index contributed by atoms with van der Waals surface area (Å²) in [5.74, 6) is 0.318. The highest BCUT2D eigenvalue weighted by Gasteiger charge is 2.14. The van der Waals surface area contributed by atoms with Crippen molar-refractivity contribution in [1.82, 2.24) is 5.43 Å². The van der Waals surface area contributed by atoms with E-state index in [9.17, 15) is 14.9 Å². The third-order valence-electron chi connectivity index (χ3n) is 4.57. The van der Waals surface area contributed by atoms with Gasteiger partial charge in [-0.2, -0.15) is 5.10 Å². The second kappa shape index (κ2) is 9.97. The molecule has 1 N–H and O–H groups in total. The lowest BCUT2D eigenvalue weighted by Crippen LogP contribution is -2.16. The zero-order valence-electron chi connectivity index (χ0n) is 16.8. The number of hydrazone groups is 1. The highest BCUT2D eigenvalue weighted by atomic mass is 79.9. The van der Waals surface area contributed by atoms with E-state index in [2.05, 4.69) is 42.4 Å². The fourth-order valence-corrected chi connectivity index (χ4v) is 4.28. The van der Waals surface area contributed by atoms with E-state index in [0.717, 1.165) is 25.5 Å². The first kappa shape index (κ1) is 22.7. The Morgan fingerprint density at radius 1 is 1.09 bits per heavy atom. The van der Waals surface area contributed by atoms with Gasteiger partial charge in [-0.25, -0.2) is 5.43 Å². The van der Waals surface area contributed by atoms with Gasteiger partial charge in [-0.05, 0) is 81.7 Å². The quantitative estimate of drug-likeness (QED) is 0.161. The second-order valence-corrected chi connectivity index (χ2v) is 8.67. The summed E-state index contributed by atoms with van der Waals surface area (Å²) >= 11 is 6.82. The number of fused-ring (bicyclic) bond motifs is 1. The molecule has 0 fully saturated rings. The summed E-state index contributed by atoms with van der Waals surface area (Å²) in [5.41, 5.74) is 4.64. The second-order valence-electron chi connectivity index (χ2n) is 6.90. The molecule has 1 heterocycles. The van der Waals surface area contributed by atoms with Crippen LogP contribution in [0.15, 0.2) is 85.2 Å². The van der Waals surface area contributed by atoms with Crippen LogP contribution in [0.3, 0.4) is 0 Å². The number of nitrogens with zero attached hydrogens (tertiary/aromatic N) is 2. The molecule has 0 spiro atoms. The number of nitrogens with one attached hydrogen (secondary N) is 1. The number of furan rings is 1. The molecule has 3 aromatic carbocycles. The molecule has 4 rings (SSSR count). The van der Waals surface area contributed by atoms with E-state index >= 15 is 0 Å². The molecule has 0 saturated carbocycles. The summed E-state index contributed by atoms with van der Waals surface area (Å²) in [4.78, 5) is 22.6. The predicted molar refractivity (Wildman–Crippen MR) is 131 cm³/mol. The van der Waals surface area contributed by atoms with Gasteiger partial charge in [0.05, 0.1) is 15.6 Å². The number of non-ortho nitro benzene ring substituents is 1. The molecule has 0 aliphatic heterocycles. The maximum atomic E-state index is 12.3. The van der Waals surface area contributed by atoms with Gasteiger partial charge in [0.25, 0.3) is 5.69 Å². The highest BCUT2D eigenvalue weighted by molar-refractivity contribution is 9.11. The first-order chi connectivity index (χ1) is 15.9. The lowest BCUT2D eigenvalue weighted by Gasteiger charge is -2.06. The fraction of sp³-hybridized carbons (Fsp3) is 0.0435. The normalized spacial score (nSPS) is 11.1. The first-order valence-corrected chi connectivity index (χ1v) is 11.2. The SMILES string of the molecule is O=C(N/N=C\c1ccc(OCc2ccc([N+](=O)[O-])cc2)cc1)c1cc2cc(Br)cc(Br)c2o1. The van der Waals surface area contributed by atoms with E-state index in [0.29, 0.717) is 11.3 Å². The number of ether oxygens (including phenoxy) is 1. The van der Waals surface area contributed by atoms with E-state index < -0.39 is 10.8 Å². The number of benzene rings is 3. The zero-order chi connectivity index (χ0) is 23.4. The largest absolute Gasteiger partial charge is 0.489 e. The number of nitro benzene ring substituents is 1. The Bertz CT molecular complexity index is 1350. The van der Waals surface area contributed by atoms with E-state index in [1.807, 2.05) is 12.1 Å². The number of halogens is 2. The summed E-state index contributed by atoms with van der Waals surface area (Å²) < 4.78 is 12.9. The Morgan fingerprint density at radius 3 is 2.52 bits per heavy atom. The van der Waals surface area contributed by atoms with Gasteiger partial charge in [-0.3, -0.25) is 14.9 Å². The number of carbonyl (C=O) groups is 1. The molecule has 1 amide bonds. The van der Waals surface area contributed by atoms with E-state index in [4.69, 9.17) is 9.15 Å². The van der Waals surface area contributed by atoms with Crippen molar-refractivity contribution in [2.75, 3.05) is 0 Å². The van der Waals surface area contributed by atoms with E-state index in [-0.39, 0.29) is 18.1 Å².